The van der Waals surface area contributed by atoms with Crippen LogP contribution in [0.15, 0.2) is 12.2 Å². The van der Waals surface area contributed by atoms with Crippen molar-refractivity contribution in [1.82, 2.24) is 0 Å². The quantitative estimate of drug-likeness (QED) is 0.551. The summed E-state index contributed by atoms with van der Waals surface area (Å²) in [7, 11) is 0. The second-order valence-corrected chi connectivity index (χ2v) is 5.71. The Kier molecular flexibility index (Phi) is 2.83. The zero-order valence-electron chi connectivity index (χ0n) is 9.53. The predicted molar refractivity (Wildman–Crippen MR) is 61.7 cm³/mol. The van der Waals surface area contributed by atoms with Crippen molar-refractivity contribution in [1.29, 1.82) is 0 Å². The lowest BCUT2D eigenvalue weighted by molar-refractivity contribution is 0.107. The van der Waals surface area contributed by atoms with Crippen molar-refractivity contribution in [2.24, 2.45) is 17.8 Å². The average Bonchev–Trinajstić information content (AvgIpc) is 2.97. The minimum absolute atomic E-state index is 0.661. The highest BCUT2D eigenvalue weighted by atomic mass is 16.5. The Morgan fingerprint density at radius 3 is 2.13 bits per heavy atom. The number of fused-ring (bicyclic) bond motifs is 4. The third kappa shape index (κ3) is 2.28. The summed E-state index contributed by atoms with van der Waals surface area (Å²) in [5.41, 5.74) is 0. The molecule has 4 rings (SSSR count). The highest BCUT2D eigenvalue weighted by molar-refractivity contribution is 5.06. The first-order valence-corrected chi connectivity index (χ1v) is 6.70. The zero-order valence-corrected chi connectivity index (χ0v) is 9.53. The van der Waals surface area contributed by atoms with Gasteiger partial charge in [0.15, 0.2) is 0 Å². The van der Waals surface area contributed by atoms with Crippen LogP contribution >= 0.6 is 0 Å². The normalized spacial score (nSPS) is 45.3. The highest BCUT2D eigenvalue weighted by Crippen LogP contribution is 2.38. The van der Waals surface area contributed by atoms with Crippen molar-refractivity contribution in [3.63, 3.8) is 0 Å². The molecule has 4 atom stereocenters. The molecular weight excluding hydrogens is 184 g/mol. The van der Waals surface area contributed by atoms with E-state index < -0.39 is 0 Å². The molecule has 0 aromatic rings. The van der Waals surface area contributed by atoms with Crippen molar-refractivity contribution >= 4 is 0 Å². The largest absolute Gasteiger partial charge is 0.378 e. The first-order valence-electron chi connectivity index (χ1n) is 6.70. The number of allylic oxidation sites excluding steroid dienone is 2. The van der Waals surface area contributed by atoms with Gasteiger partial charge < -0.3 is 4.74 Å². The second-order valence-electron chi connectivity index (χ2n) is 5.71. The molecule has 15 heavy (non-hydrogen) atoms. The van der Waals surface area contributed by atoms with Crippen LogP contribution in [0.3, 0.4) is 0 Å². The minimum Gasteiger partial charge on any atom is -0.378 e. The van der Waals surface area contributed by atoms with Gasteiger partial charge in [-0.1, -0.05) is 18.6 Å². The van der Waals surface area contributed by atoms with Crippen LogP contribution in [0.2, 0.25) is 0 Å². The second kappa shape index (κ2) is 4.29. The van der Waals surface area contributed by atoms with Crippen molar-refractivity contribution in [2.75, 3.05) is 6.61 Å². The van der Waals surface area contributed by atoms with Crippen LogP contribution in [0.4, 0.5) is 0 Å². The maximum absolute atomic E-state index is 5.48. The molecule has 4 bridgehead atoms. The van der Waals surface area contributed by atoms with Gasteiger partial charge in [0, 0.05) is 6.61 Å². The molecule has 0 N–H and O–H groups in total. The lowest BCUT2D eigenvalue weighted by Gasteiger charge is -2.14. The Bertz CT molecular complexity index is 220. The molecule has 3 aliphatic carbocycles. The Morgan fingerprint density at radius 1 is 0.867 bits per heavy atom. The van der Waals surface area contributed by atoms with Gasteiger partial charge in [0.25, 0.3) is 0 Å². The van der Waals surface area contributed by atoms with E-state index in [-0.39, 0.29) is 0 Å². The van der Waals surface area contributed by atoms with Crippen LogP contribution in [-0.2, 0) is 4.74 Å². The summed E-state index contributed by atoms with van der Waals surface area (Å²) in [4.78, 5) is 0. The van der Waals surface area contributed by atoms with E-state index in [9.17, 15) is 0 Å². The lowest BCUT2D eigenvalue weighted by Crippen LogP contribution is -2.09. The summed E-state index contributed by atoms with van der Waals surface area (Å²) < 4.78 is 5.48. The van der Waals surface area contributed by atoms with Crippen LogP contribution in [0, 0.1) is 17.8 Å². The van der Waals surface area contributed by atoms with Crippen LogP contribution in [0.5, 0.6) is 0 Å². The van der Waals surface area contributed by atoms with E-state index in [0.717, 1.165) is 24.4 Å². The van der Waals surface area contributed by atoms with Crippen LogP contribution in [0.1, 0.15) is 44.9 Å². The van der Waals surface area contributed by atoms with E-state index in [0.29, 0.717) is 6.10 Å². The summed E-state index contributed by atoms with van der Waals surface area (Å²) in [6.07, 6.45) is 15.4. The van der Waals surface area contributed by atoms with Gasteiger partial charge in [0.2, 0.25) is 0 Å². The van der Waals surface area contributed by atoms with Crippen molar-refractivity contribution in [2.45, 2.75) is 51.0 Å². The van der Waals surface area contributed by atoms with Gasteiger partial charge in [-0.15, -0.1) is 0 Å². The monoisotopic (exact) mass is 206 g/mol. The molecule has 4 unspecified atom stereocenters. The number of hydrogen-bond acceptors (Lipinski definition) is 1. The third-order valence-electron chi connectivity index (χ3n) is 4.47. The molecule has 1 nitrogen and oxygen atoms in total. The van der Waals surface area contributed by atoms with Gasteiger partial charge in [-0.2, -0.15) is 0 Å². The summed E-state index contributed by atoms with van der Waals surface area (Å²) in [5.74, 6) is 2.92. The zero-order chi connectivity index (χ0) is 10.1. The molecule has 1 aliphatic heterocycles. The molecule has 84 valence electrons. The van der Waals surface area contributed by atoms with Crippen LogP contribution in [0.25, 0.3) is 0 Å². The smallest absolute Gasteiger partial charge is 0.0578 e. The first kappa shape index (κ1) is 9.89. The van der Waals surface area contributed by atoms with Gasteiger partial charge in [-0.05, 0) is 56.3 Å². The fourth-order valence-electron chi connectivity index (χ4n) is 3.53. The predicted octanol–water partition coefficient (Wildman–Crippen LogP) is 3.55. The van der Waals surface area contributed by atoms with E-state index >= 15 is 0 Å². The molecule has 4 aliphatic rings. The molecule has 0 spiro atoms. The highest BCUT2D eigenvalue weighted by Gasteiger charge is 2.28. The Balaban J connectivity index is 0.0000000971. The van der Waals surface area contributed by atoms with Gasteiger partial charge >= 0.3 is 0 Å². The summed E-state index contributed by atoms with van der Waals surface area (Å²) >= 11 is 0. The standard InChI is InChI=1S/C7H12O.C7H10/c1-2-6-4-7(3-1)8-5-6;1-2-7-4-3-6(1)5-7/h6-7H,1-5H2;1-2,6-7H,3-5H2. The molecule has 2 saturated carbocycles. The Hall–Kier alpha value is -0.300. The summed E-state index contributed by atoms with van der Waals surface area (Å²) in [6.45, 7) is 1.06. The summed E-state index contributed by atoms with van der Waals surface area (Å²) in [6, 6.07) is 0. The van der Waals surface area contributed by atoms with Gasteiger partial charge in [-0.25, -0.2) is 0 Å². The molecule has 1 saturated heterocycles. The van der Waals surface area contributed by atoms with E-state index in [4.69, 9.17) is 4.74 Å². The van der Waals surface area contributed by atoms with Crippen molar-refractivity contribution < 1.29 is 4.74 Å². The third-order valence-corrected chi connectivity index (χ3v) is 4.47. The lowest BCUT2D eigenvalue weighted by atomic mass is 9.91. The first-order chi connectivity index (χ1) is 7.40. The maximum Gasteiger partial charge on any atom is 0.0578 e. The molecule has 0 radical (unpaired) electrons. The topological polar surface area (TPSA) is 9.23 Å². The number of hydrogen-bond donors (Lipinski definition) is 0. The fourth-order valence-corrected chi connectivity index (χ4v) is 3.53. The number of ether oxygens (including phenoxy) is 1. The molecule has 0 aromatic carbocycles. The fraction of sp³-hybridized carbons (Fsp3) is 0.857. The molecule has 1 heteroatoms. The molecular formula is C14H22O. The average molecular weight is 206 g/mol. The SMILES string of the molecule is C1=CC2CCC1C2.C1CC2COC(C1)C2. The van der Waals surface area contributed by atoms with Gasteiger partial charge in [0.1, 0.15) is 0 Å². The van der Waals surface area contributed by atoms with Crippen molar-refractivity contribution in [3.8, 4) is 0 Å². The minimum atomic E-state index is 0.661. The van der Waals surface area contributed by atoms with Crippen LogP contribution < -0.4 is 0 Å². The maximum atomic E-state index is 5.48. The van der Waals surface area contributed by atoms with Crippen LogP contribution in [-0.4, -0.2) is 12.7 Å². The summed E-state index contributed by atoms with van der Waals surface area (Å²) in [5, 5.41) is 0. The molecule has 0 amide bonds. The molecule has 3 fully saturated rings. The Morgan fingerprint density at radius 2 is 1.67 bits per heavy atom. The van der Waals surface area contributed by atoms with E-state index in [1.165, 1.54) is 44.9 Å². The van der Waals surface area contributed by atoms with E-state index in [1.807, 2.05) is 0 Å². The van der Waals surface area contributed by atoms with E-state index in [1.54, 1.807) is 0 Å². The van der Waals surface area contributed by atoms with E-state index in [2.05, 4.69) is 12.2 Å². The van der Waals surface area contributed by atoms with Gasteiger partial charge in [0.05, 0.1) is 6.10 Å². The number of rotatable bonds is 0. The Labute approximate surface area is 92.9 Å². The van der Waals surface area contributed by atoms with Crippen molar-refractivity contribution in [3.05, 3.63) is 12.2 Å². The molecule has 1 heterocycles. The van der Waals surface area contributed by atoms with Gasteiger partial charge in [-0.3, -0.25) is 0 Å². The molecule has 0 aromatic heterocycles.